The van der Waals surface area contributed by atoms with E-state index < -0.39 is 71.3 Å². The number of carboxylic acids is 1. The normalized spacial score (nSPS) is 34.7. The van der Waals surface area contributed by atoms with Crippen LogP contribution in [-0.4, -0.2) is 48.1 Å². The van der Waals surface area contributed by atoms with Gasteiger partial charge < -0.3 is 24.1 Å². The van der Waals surface area contributed by atoms with Gasteiger partial charge in [-0.2, -0.15) is 8.78 Å². The Morgan fingerprint density at radius 2 is 1.82 bits per heavy atom. The standard InChI is InChI=1S/C18H22F2O8/c1-6(21)26-11-7-5-8-9(13(22)27-12(8)11)10(7)14(23)28-15(17(2,3)4)18(19,20)16(24)25/h7-12,15H,5H2,1-4H3,(H,24,25)/p-1. The van der Waals surface area contributed by atoms with Crippen LogP contribution in [0, 0.1) is 29.1 Å². The summed E-state index contributed by atoms with van der Waals surface area (Å²) in [5.41, 5.74) is -1.43. The van der Waals surface area contributed by atoms with Gasteiger partial charge >= 0.3 is 23.8 Å². The summed E-state index contributed by atoms with van der Waals surface area (Å²) in [6.07, 6.45) is -3.50. The van der Waals surface area contributed by atoms with Crippen molar-refractivity contribution in [2.45, 2.75) is 58.4 Å². The Balaban J connectivity index is 1.88. The number of halogens is 2. The maximum atomic E-state index is 14.2. The van der Waals surface area contributed by atoms with Crippen LogP contribution in [0.1, 0.15) is 34.1 Å². The Morgan fingerprint density at radius 1 is 1.21 bits per heavy atom. The number of hydrogen-bond donors (Lipinski definition) is 0. The van der Waals surface area contributed by atoms with Crippen LogP contribution in [0.3, 0.4) is 0 Å². The van der Waals surface area contributed by atoms with Crippen molar-refractivity contribution in [2.75, 3.05) is 0 Å². The fourth-order valence-corrected chi connectivity index (χ4v) is 4.76. The predicted octanol–water partition coefficient (Wildman–Crippen LogP) is 0.0687. The summed E-state index contributed by atoms with van der Waals surface area (Å²) in [6, 6.07) is 0. The van der Waals surface area contributed by atoms with Crippen LogP contribution in [0.2, 0.25) is 0 Å². The monoisotopic (exact) mass is 403 g/mol. The van der Waals surface area contributed by atoms with Crippen molar-refractivity contribution in [3.63, 3.8) is 0 Å². The Kier molecular flexibility index (Phi) is 4.67. The third kappa shape index (κ3) is 3.02. The number of esters is 3. The Hall–Kier alpha value is -2.26. The van der Waals surface area contributed by atoms with E-state index in [4.69, 9.17) is 14.2 Å². The number of ether oxygens (including phenoxy) is 3. The van der Waals surface area contributed by atoms with Crippen molar-refractivity contribution in [3.8, 4) is 0 Å². The highest BCUT2D eigenvalue weighted by molar-refractivity contribution is 5.86. The molecule has 1 aliphatic heterocycles. The van der Waals surface area contributed by atoms with Gasteiger partial charge in [0.2, 0.25) is 0 Å². The second kappa shape index (κ2) is 6.38. The van der Waals surface area contributed by atoms with E-state index in [1.165, 1.54) is 27.7 Å². The number of alkyl halides is 2. The average molecular weight is 403 g/mol. The molecule has 0 N–H and O–H groups in total. The number of carboxylic acid groups (broad SMARTS) is 1. The first kappa shape index (κ1) is 20.5. The van der Waals surface area contributed by atoms with Gasteiger partial charge in [0, 0.05) is 24.2 Å². The first-order valence-electron chi connectivity index (χ1n) is 8.94. The molecule has 1 saturated heterocycles. The average Bonchev–Trinajstić information content (AvgIpc) is 3.14. The lowest BCUT2D eigenvalue weighted by molar-refractivity contribution is -0.339. The van der Waals surface area contributed by atoms with Crippen molar-refractivity contribution in [1.29, 1.82) is 0 Å². The topological polar surface area (TPSA) is 119 Å². The van der Waals surface area contributed by atoms with Crippen LogP contribution in [0.25, 0.3) is 0 Å². The summed E-state index contributed by atoms with van der Waals surface area (Å²) in [5, 5.41) is 10.9. The van der Waals surface area contributed by atoms with Crippen molar-refractivity contribution in [1.82, 2.24) is 0 Å². The third-order valence-corrected chi connectivity index (χ3v) is 5.74. The highest BCUT2D eigenvalue weighted by Crippen LogP contribution is 2.59. The number of hydrogen-bond acceptors (Lipinski definition) is 8. The van der Waals surface area contributed by atoms with Gasteiger partial charge in [-0.25, -0.2) is 0 Å². The molecule has 0 aromatic rings. The zero-order valence-corrected chi connectivity index (χ0v) is 15.8. The lowest BCUT2D eigenvalue weighted by Gasteiger charge is -2.38. The first-order chi connectivity index (χ1) is 12.8. The summed E-state index contributed by atoms with van der Waals surface area (Å²) >= 11 is 0. The van der Waals surface area contributed by atoms with E-state index in [2.05, 4.69) is 0 Å². The van der Waals surface area contributed by atoms with Gasteiger partial charge in [-0.15, -0.1) is 0 Å². The van der Waals surface area contributed by atoms with Crippen molar-refractivity contribution < 1.29 is 47.3 Å². The van der Waals surface area contributed by atoms with Crippen molar-refractivity contribution in [2.24, 2.45) is 29.1 Å². The maximum Gasteiger partial charge on any atom is 0.323 e. The van der Waals surface area contributed by atoms with E-state index in [9.17, 15) is 33.1 Å². The van der Waals surface area contributed by atoms with Crippen molar-refractivity contribution in [3.05, 3.63) is 0 Å². The lowest BCUT2D eigenvalue weighted by Crippen LogP contribution is -2.57. The molecule has 0 aromatic heterocycles. The molecule has 1 heterocycles. The summed E-state index contributed by atoms with van der Waals surface area (Å²) in [4.78, 5) is 47.3. The molecule has 0 radical (unpaired) electrons. The van der Waals surface area contributed by atoms with Crippen LogP contribution < -0.4 is 5.11 Å². The van der Waals surface area contributed by atoms with Crippen LogP contribution >= 0.6 is 0 Å². The van der Waals surface area contributed by atoms with Gasteiger partial charge in [-0.1, -0.05) is 20.8 Å². The summed E-state index contributed by atoms with van der Waals surface area (Å²) < 4.78 is 43.7. The number of aliphatic carboxylic acids is 1. The minimum atomic E-state index is -4.43. The largest absolute Gasteiger partial charge is 0.544 e. The van der Waals surface area contributed by atoms with E-state index in [0.29, 0.717) is 6.42 Å². The zero-order valence-electron chi connectivity index (χ0n) is 15.8. The van der Waals surface area contributed by atoms with Crippen LogP contribution in [0.15, 0.2) is 0 Å². The van der Waals surface area contributed by atoms with E-state index in [-0.39, 0.29) is 5.92 Å². The molecule has 2 bridgehead atoms. The zero-order chi connectivity index (χ0) is 21.2. The molecule has 156 valence electrons. The molecule has 2 saturated carbocycles. The first-order valence-corrected chi connectivity index (χ1v) is 8.94. The SMILES string of the molecule is CC(=O)OC1C2CC3C1OC(=O)C3C2C(=O)OC(C(C)(C)C)C(F)(F)C(=O)[O-]. The molecule has 8 nitrogen and oxygen atoms in total. The second-order valence-corrected chi connectivity index (χ2v) is 8.68. The van der Waals surface area contributed by atoms with Gasteiger partial charge in [0.1, 0.15) is 18.2 Å². The van der Waals surface area contributed by atoms with E-state index >= 15 is 0 Å². The molecule has 3 fully saturated rings. The Bertz CT molecular complexity index is 728. The lowest BCUT2D eigenvalue weighted by atomic mass is 9.78. The highest BCUT2D eigenvalue weighted by atomic mass is 19.3. The van der Waals surface area contributed by atoms with Crippen LogP contribution in [0.5, 0.6) is 0 Å². The number of fused-ring (bicyclic) bond motifs is 1. The van der Waals surface area contributed by atoms with Gasteiger partial charge in [-0.3, -0.25) is 14.4 Å². The smallest absolute Gasteiger partial charge is 0.323 e. The summed E-state index contributed by atoms with van der Waals surface area (Å²) in [6.45, 7) is 5.06. The molecule has 0 spiro atoms. The Morgan fingerprint density at radius 3 is 2.32 bits per heavy atom. The molecule has 3 aliphatic rings. The van der Waals surface area contributed by atoms with Crippen LogP contribution in [-0.2, 0) is 33.4 Å². The van der Waals surface area contributed by atoms with E-state index in [0.717, 1.165) is 0 Å². The van der Waals surface area contributed by atoms with E-state index in [1.54, 1.807) is 0 Å². The molecule has 10 heteroatoms. The van der Waals surface area contributed by atoms with Gasteiger partial charge in [-0.05, 0) is 6.42 Å². The molecule has 7 atom stereocenters. The van der Waals surface area contributed by atoms with Gasteiger partial charge in [0.25, 0.3) is 0 Å². The summed E-state index contributed by atoms with van der Waals surface area (Å²) in [5.74, 6) is -12.6. The molecule has 3 rings (SSSR count). The number of carbonyl (C=O) groups excluding carboxylic acids is 4. The number of carbonyl (C=O) groups is 4. The third-order valence-electron chi connectivity index (χ3n) is 5.74. The molecule has 0 amide bonds. The maximum absolute atomic E-state index is 14.2. The van der Waals surface area contributed by atoms with Gasteiger partial charge in [0.15, 0.2) is 6.10 Å². The minimum Gasteiger partial charge on any atom is -0.544 e. The predicted molar refractivity (Wildman–Crippen MR) is 83.3 cm³/mol. The fourth-order valence-electron chi connectivity index (χ4n) is 4.76. The van der Waals surface area contributed by atoms with Gasteiger partial charge in [0.05, 0.1) is 11.8 Å². The molecular weight excluding hydrogens is 382 g/mol. The molecule has 2 aliphatic carbocycles. The molecule has 28 heavy (non-hydrogen) atoms. The fraction of sp³-hybridized carbons (Fsp3) is 0.778. The quantitative estimate of drug-likeness (QED) is 0.467. The second-order valence-electron chi connectivity index (χ2n) is 8.68. The summed E-state index contributed by atoms with van der Waals surface area (Å²) in [7, 11) is 0. The van der Waals surface area contributed by atoms with Crippen LogP contribution in [0.4, 0.5) is 8.78 Å². The Labute approximate surface area is 159 Å². The van der Waals surface area contributed by atoms with Crippen molar-refractivity contribution >= 4 is 23.9 Å². The molecule has 7 unspecified atom stereocenters. The van der Waals surface area contributed by atoms with E-state index in [1.807, 2.05) is 0 Å². The number of rotatable bonds is 5. The molecular formula is C18H21F2O8-. The minimum absolute atomic E-state index is 0.343. The molecule has 0 aromatic carbocycles. The highest BCUT2D eigenvalue weighted by Gasteiger charge is 2.70.